The molecule has 1 fully saturated rings. The van der Waals surface area contributed by atoms with Gasteiger partial charge in [0.25, 0.3) is 5.91 Å². The van der Waals surface area contributed by atoms with E-state index in [2.05, 4.69) is 5.32 Å². The summed E-state index contributed by atoms with van der Waals surface area (Å²) in [6.07, 6.45) is 0. The number of anilines is 2. The van der Waals surface area contributed by atoms with Crippen molar-refractivity contribution in [2.24, 2.45) is 5.92 Å². The van der Waals surface area contributed by atoms with Gasteiger partial charge in [0.1, 0.15) is 16.0 Å². The molecule has 1 aliphatic rings. The van der Waals surface area contributed by atoms with E-state index in [1.807, 2.05) is 0 Å². The van der Waals surface area contributed by atoms with Crippen LogP contribution >= 0.6 is 46.4 Å². The first-order chi connectivity index (χ1) is 16.0. The third kappa shape index (κ3) is 4.73. The molecule has 3 aromatic carbocycles. The lowest BCUT2D eigenvalue weighted by Gasteiger charge is -2.19. The lowest BCUT2D eigenvalue weighted by atomic mass is 10.1. The summed E-state index contributed by atoms with van der Waals surface area (Å²) < 4.78 is 27.1. The van der Waals surface area contributed by atoms with E-state index in [0.717, 1.165) is 11.0 Å². The Morgan fingerprint density at radius 2 is 1.59 bits per heavy atom. The fourth-order valence-corrected chi connectivity index (χ4v) is 5.19. The summed E-state index contributed by atoms with van der Waals surface area (Å²) in [6, 6.07) is 13.9. The zero-order chi connectivity index (χ0) is 24.8. The normalized spacial score (nSPS) is 18.3. The van der Waals surface area contributed by atoms with Gasteiger partial charge in [-0.05, 0) is 54.1 Å². The molecule has 1 N–H and O–H groups in total. The van der Waals surface area contributed by atoms with Gasteiger partial charge < -0.3 is 10.2 Å². The summed E-state index contributed by atoms with van der Waals surface area (Å²) >= 11 is 24.8. The van der Waals surface area contributed by atoms with Crippen LogP contribution in [0.4, 0.5) is 20.2 Å². The van der Waals surface area contributed by atoms with Gasteiger partial charge in [-0.15, -0.1) is 23.2 Å². The predicted octanol–water partition coefficient (Wildman–Crippen LogP) is 7.07. The molecule has 2 amide bonds. The van der Waals surface area contributed by atoms with Crippen LogP contribution in [0.1, 0.15) is 21.8 Å². The Balaban J connectivity index is 1.55. The van der Waals surface area contributed by atoms with Gasteiger partial charge in [0.2, 0.25) is 5.91 Å². The van der Waals surface area contributed by atoms with Gasteiger partial charge in [-0.1, -0.05) is 35.3 Å². The molecule has 0 radical (unpaired) electrons. The van der Waals surface area contributed by atoms with E-state index >= 15 is 0 Å². The van der Waals surface area contributed by atoms with E-state index < -0.39 is 39.6 Å². The van der Waals surface area contributed by atoms with Crippen LogP contribution in [0.2, 0.25) is 10.0 Å². The standard InChI is InChI=1S/C24H16Cl4F2N2O2/c1-32(19-5-3-2-4-18(19)30)23(34)16-11-15(6-7-17(16)29)31-22(33)21-20(24(21,27)28)12-8-13(25)10-14(26)9-12/h2-11,20-21H,1H3,(H,31,33). The Morgan fingerprint density at radius 1 is 0.941 bits per heavy atom. The first-order valence-electron chi connectivity index (χ1n) is 9.97. The molecule has 1 aliphatic carbocycles. The van der Waals surface area contributed by atoms with Gasteiger partial charge in [0.15, 0.2) is 0 Å². The molecule has 4 nitrogen and oxygen atoms in total. The average Bonchev–Trinajstić information content (AvgIpc) is 3.36. The van der Waals surface area contributed by atoms with Crippen LogP contribution in [0, 0.1) is 17.6 Å². The van der Waals surface area contributed by atoms with Crippen molar-refractivity contribution < 1.29 is 18.4 Å². The maximum absolute atomic E-state index is 14.5. The van der Waals surface area contributed by atoms with Crippen molar-refractivity contribution in [2.45, 2.75) is 10.3 Å². The van der Waals surface area contributed by atoms with Crippen molar-refractivity contribution in [3.8, 4) is 0 Å². The molecule has 0 saturated heterocycles. The predicted molar refractivity (Wildman–Crippen MR) is 131 cm³/mol. The maximum atomic E-state index is 14.5. The topological polar surface area (TPSA) is 49.4 Å². The van der Waals surface area contributed by atoms with Crippen molar-refractivity contribution in [3.05, 3.63) is 93.5 Å². The molecule has 4 rings (SSSR count). The highest BCUT2D eigenvalue weighted by Crippen LogP contribution is 2.65. The van der Waals surface area contributed by atoms with E-state index in [9.17, 15) is 18.4 Å². The first-order valence-corrected chi connectivity index (χ1v) is 11.5. The molecular weight excluding hydrogens is 528 g/mol. The number of alkyl halides is 2. The zero-order valence-electron chi connectivity index (χ0n) is 17.5. The van der Waals surface area contributed by atoms with Gasteiger partial charge in [-0.3, -0.25) is 9.59 Å². The number of para-hydroxylation sites is 1. The van der Waals surface area contributed by atoms with Crippen LogP contribution in [-0.4, -0.2) is 23.2 Å². The highest BCUT2D eigenvalue weighted by Gasteiger charge is 2.67. The van der Waals surface area contributed by atoms with Crippen LogP contribution in [0.15, 0.2) is 60.7 Å². The van der Waals surface area contributed by atoms with Crippen LogP contribution in [0.3, 0.4) is 0 Å². The quantitative estimate of drug-likeness (QED) is 0.350. The van der Waals surface area contributed by atoms with E-state index in [1.54, 1.807) is 24.3 Å². The monoisotopic (exact) mass is 542 g/mol. The Morgan fingerprint density at radius 3 is 2.24 bits per heavy atom. The molecule has 0 heterocycles. The number of nitrogens with one attached hydrogen (secondary N) is 1. The second-order valence-corrected chi connectivity index (χ2v) is 10.1. The maximum Gasteiger partial charge on any atom is 0.261 e. The fourth-order valence-electron chi connectivity index (χ4n) is 3.82. The molecule has 0 bridgehead atoms. The number of amides is 2. The van der Waals surface area contributed by atoms with E-state index in [-0.39, 0.29) is 16.9 Å². The Kier molecular flexibility index (Phi) is 6.80. The highest BCUT2D eigenvalue weighted by molar-refractivity contribution is 6.53. The smallest absolute Gasteiger partial charge is 0.261 e. The van der Waals surface area contributed by atoms with Gasteiger partial charge in [0.05, 0.1) is 17.2 Å². The third-order valence-electron chi connectivity index (χ3n) is 5.56. The van der Waals surface area contributed by atoms with Gasteiger partial charge >= 0.3 is 0 Å². The second-order valence-electron chi connectivity index (χ2n) is 7.83. The molecule has 1 saturated carbocycles. The Bertz CT molecular complexity index is 1280. The van der Waals surface area contributed by atoms with E-state index in [1.165, 1.54) is 37.4 Å². The molecule has 0 spiro atoms. The number of carbonyl (C=O) groups excluding carboxylic acids is 2. The van der Waals surface area contributed by atoms with Gasteiger partial charge in [-0.2, -0.15) is 0 Å². The molecule has 176 valence electrons. The molecule has 0 aliphatic heterocycles. The van der Waals surface area contributed by atoms with Gasteiger partial charge in [-0.25, -0.2) is 8.78 Å². The largest absolute Gasteiger partial charge is 0.326 e. The van der Waals surface area contributed by atoms with Crippen LogP contribution < -0.4 is 10.2 Å². The van der Waals surface area contributed by atoms with E-state index in [4.69, 9.17) is 46.4 Å². The number of carbonyl (C=O) groups is 2. The molecule has 2 unspecified atom stereocenters. The SMILES string of the molecule is CN(C(=O)c1cc(NC(=O)C2C(c3cc(Cl)cc(Cl)c3)C2(Cl)Cl)ccc1F)c1ccccc1F. The first kappa shape index (κ1) is 24.7. The average molecular weight is 544 g/mol. The summed E-state index contributed by atoms with van der Waals surface area (Å²) in [5.74, 6) is -4.19. The molecular formula is C24H16Cl4F2N2O2. The number of benzene rings is 3. The summed E-state index contributed by atoms with van der Waals surface area (Å²) in [5.41, 5.74) is 0.386. The number of hydrogen-bond acceptors (Lipinski definition) is 2. The summed E-state index contributed by atoms with van der Waals surface area (Å²) in [4.78, 5) is 26.8. The summed E-state index contributed by atoms with van der Waals surface area (Å²) in [6.45, 7) is 0. The van der Waals surface area contributed by atoms with Crippen molar-refractivity contribution in [2.75, 3.05) is 17.3 Å². The number of halogens is 6. The molecule has 2 atom stereocenters. The van der Waals surface area contributed by atoms with E-state index in [0.29, 0.717) is 15.6 Å². The van der Waals surface area contributed by atoms with Crippen LogP contribution in [0.5, 0.6) is 0 Å². The lowest BCUT2D eigenvalue weighted by molar-refractivity contribution is -0.117. The summed E-state index contributed by atoms with van der Waals surface area (Å²) in [5, 5.41) is 3.36. The van der Waals surface area contributed by atoms with Crippen molar-refractivity contribution >= 4 is 69.6 Å². The van der Waals surface area contributed by atoms with Crippen LogP contribution in [-0.2, 0) is 4.79 Å². The lowest BCUT2D eigenvalue weighted by Crippen LogP contribution is -2.28. The van der Waals surface area contributed by atoms with Crippen molar-refractivity contribution in [1.29, 1.82) is 0 Å². The summed E-state index contributed by atoms with van der Waals surface area (Å²) in [7, 11) is 1.33. The fraction of sp³-hybridized carbons (Fsp3) is 0.167. The zero-order valence-corrected chi connectivity index (χ0v) is 20.5. The molecule has 34 heavy (non-hydrogen) atoms. The second kappa shape index (κ2) is 9.34. The van der Waals surface area contributed by atoms with Gasteiger partial charge in [0, 0.05) is 28.7 Å². The third-order valence-corrected chi connectivity index (χ3v) is 6.94. The van der Waals surface area contributed by atoms with Crippen molar-refractivity contribution in [1.82, 2.24) is 0 Å². The number of nitrogens with zero attached hydrogens (tertiary/aromatic N) is 1. The minimum absolute atomic E-state index is 0.0172. The molecule has 0 aromatic heterocycles. The minimum Gasteiger partial charge on any atom is -0.326 e. The Labute approximate surface area is 214 Å². The number of rotatable bonds is 5. The Hall–Kier alpha value is -2.38. The minimum atomic E-state index is -1.40. The van der Waals surface area contributed by atoms with Crippen LogP contribution in [0.25, 0.3) is 0 Å². The van der Waals surface area contributed by atoms with Crippen molar-refractivity contribution in [3.63, 3.8) is 0 Å². The molecule has 10 heteroatoms. The number of hydrogen-bond donors (Lipinski definition) is 1. The molecule has 3 aromatic rings. The highest BCUT2D eigenvalue weighted by atomic mass is 35.5.